The lowest BCUT2D eigenvalue weighted by Crippen LogP contribution is -2.09. The van der Waals surface area contributed by atoms with Crippen molar-refractivity contribution in [3.63, 3.8) is 0 Å². The first-order valence-electron chi connectivity index (χ1n) is 5.19. The molecular weight excluding hydrogens is 272 g/mol. The summed E-state index contributed by atoms with van der Waals surface area (Å²) >= 11 is 3.44. The number of hydrogen-bond donors (Lipinski definition) is 1. The molecule has 0 saturated heterocycles. The first-order chi connectivity index (χ1) is 7.60. The smallest absolute Gasteiger partial charge is 0.133 e. The van der Waals surface area contributed by atoms with Crippen molar-refractivity contribution in [2.45, 2.75) is 25.0 Å². The predicted octanol–water partition coefficient (Wildman–Crippen LogP) is 2.59. The zero-order chi connectivity index (χ0) is 11.8. The molecule has 1 aliphatic carbocycles. The molecule has 16 heavy (non-hydrogen) atoms. The summed E-state index contributed by atoms with van der Waals surface area (Å²) in [4.78, 5) is 0. The van der Waals surface area contributed by atoms with Crippen LogP contribution in [0.3, 0.4) is 0 Å². The molecule has 0 spiro atoms. The summed E-state index contributed by atoms with van der Waals surface area (Å²) in [5.41, 5.74) is 1.28. The Bertz CT molecular complexity index is 399. The van der Waals surface area contributed by atoms with E-state index in [1.165, 1.54) is 0 Å². The van der Waals surface area contributed by atoms with Crippen molar-refractivity contribution >= 4 is 15.9 Å². The van der Waals surface area contributed by atoms with Crippen LogP contribution in [0.2, 0.25) is 0 Å². The van der Waals surface area contributed by atoms with Crippen molar-refractivity contribution in [1.29, 1.82) is 0 Å². The second-order valence-corrected chi connectivity index (χ2v) is 4.96. The van der Waals surface area contributed by atoms with Crippen molar-refractivity contribution in [2.24, 2.45) is 0 Å². The zero-order valence-corrected chi connectivity index (χ0v) is 11.0. The van der Waals surface area contributed by atoms with E-state index >= 15 is 0 Å². The summed E-state index contributed by atoms with van der Waals surface area (Å²) in [6, 6.07) is 3.85. The van der Waals surface area contributed by atoms with E-state index in [2.05, 4.69) is 15.9 Å². The number of halogens is 1. The number of aliphatic hydroxyl groups is 1. The van der Waals surface area contributed by atoms with Gasteiger partial charge in [-0.3, -0.25) is 0 Å². The van der Waals surface area contributed by atoms with Crippen LogP contribution in [0.1, 0.15) is 24.0 Å². The van der Waals surface area contributed by atoms with Crippen LogP contribution in [0, 0.1) is 0 Å². The van der Waals surface area contributed by atoms with E-state index in [4.69, 9.17) is 9.47 Å². The molecule has 0 heterocycles. The molecule has 3 nitrogen and oxygen atoms in total. The van der Waals surface area contributed by atoms with Crippen molar-refractivity contribution in [2.75, 3.05) is 14.2 Å². The van der Waals surface area contributed by atoms with E-state index in [0.717, 1.165) is 34.2 Å². The SMILES string of the molecule is COCc1cc(OC)c(Br)cc1C1(O)CC1. The molecule has 1 N–H and O–H groups in total. The molecule has 0 atom stereocenters. The van der Waals surface area contributed by atoms with Crippen molar-refractivity contribution in [1.82, 2.24) is 0 Å². The van der Waals surface area contributed by atoms with Gasteiger partial charge in [-0.2, -0.15) is 0 Å². The summed E-state index contributed by atoms with van der Waals surface area (Å²) in [6.45, 7) is 0.487. The van der Waals surface area contributed by atoms with Gasteiger partial charge in [0.25, 0.3) is 0 Å². The van der Waals surface area contributed by atoms with Crippen LogP contribution in [0.25, 0.3) is 0 Å². The highest BCUT2D eigenvalue weighted by Gasteiger charge is 2.43. The second-order valence-electron chi connectivity index (χ2n) is 4.11. The summed E-state index contributed by atoms with van der Waals surface area (Å²) in [5.74, 6) is 0.764. The Hall–Kier alpha value is -0.580. The van der Waals surface area contributed by atoms with Gasteiger partial charge >= 0.3 is 0 Å². The molecule has 0 amide bonds. The van der Waals surface area contributed by atoms with Gasteiger partial charge in [-0.1, -0.05) is 0 Å². The quantitative estimate of drug-likeness (QED) is 0.925. The van der Waals surface area contributed by atoms with Gasteiger partial charge in [0, 0.05) is 7.11 Å². The van der Waals surface area contributed by atoms with Gasteiger partial charge in [-0.25, -0.2) is 0 Å². The fourth-order valence-corrected chi connectivity index (χ4v) is 2.35. The van der Waals surface area contributed by atoms with Gasteiger partial charge in [0.05, 0.1) is 23.8 Å². The molecule has 1 aromatic carbocycles. The van der Waals surface area contributed by atoms with E-state index in [1.807, 2.05) is 12.1 Å². The molecule has 0 bridgehead atoms. The minimum absolute atomic E-state index is 0.487. The minimum atomic E-state index is -0.650. The molecular formula is C12H15BrO3. The van der Waals surface area contributed by atoms with Crippen LogP contribution in [0.4, 0.5) is 0 Å². The molecule has 88 valence electrons. The van der Waals surface area contributed by atoms with Crippen LogP contribution in [0.5, 0.6) is 5.75 Å². The van der Waals surface area contributed by atoms with Crippen molar-refractivity contribution in [3.05, 3.63) is 27.7 Å². The summed E-state index contributed by atoms with van der Waals surface area (Å²) in [7, 11) is 3.28. The Morgan fingerprint density at radius 3 is 2.56 bits per heavy atom. The Balaban J connectivity index is 2.45. The Morgan fingerprint density at radius 2 is 2.06 bits per heavy atom. The monoisotopic (exact) mass is 286 g/mol. The lowest BCUT2D eigenvalue weighted by Gasteiger charge is -2.16. The number of hydrogen-bond acceptors (Lipinski definition) is 3. The molecule has 2 rings (SSSR count). The number of rotatable bonds is 4. The van der Waals surface area contributed by atoms with Crippen LogP contribution >= 0.6 is 15.9 Å². The zero-order valence-electron chi connectivity index (χ0n) is 9.42. The van der Waals surface area contributed by atoms with Crippen LogP contribution in [0.15, 0.2) is 16.6 Å². The van der Waals surface area contributed by atoms with E-state index in [9.17, 15) is 5.11 Å². The lowest BCUT2D eigenvalue weighted by molar-refractivity contribution is 0.141. The third-order valence-corrected chi connectivity index (χ3v) is 3.52. The molecule has 0 aromatic heterocycles. The van der Waals surface area contributed by atoms with E-state index in [0.29, 0.717) is 6.61 Å². The summed E-state index contributed by atoms with van der Waals surface area (Å²) < 4.78 is 11.3. The maximum Gasteiger partial charge on any atom is 0.133 e. The van der Waals surface area contributed by atoms with Crippen molar-refractivity contribution < 1.29 is 14.6 Å². The van der Waals surface area contributed by atoms with Crippen LogP contribution in [-0.2, 0) is 16.9 Å². The van der Waals surface area contributed by atoms with E-state index in [1.54, 1.807) is 14.2 Å². The maximum atomic E-state index is 10.2. The highest BCUT2D eigenvalue weighted by atomic mass is 79.9. The molecule has 1 fully saturated rings. The normalized spacial score (nSPS) is 17.2. The van der Waals surface area contributed by atoms with Gasteiger partial charge < -0.3 is 14.6 Å². The fourth-order valence-electron chi connectivity index (χ4n) is 1.85. The van der Waals surface area contributed by atoms with Gasteiger partial charge in [0.15, 0.2) is 0 Å². The largest absolute Gasteiger partial charge is 0.496 e. The molecule has 4 heteroatoms. The highest BCUT2D eigenvalue weighted by molar-refractivity contribution is 9.10. The number of ether oxygens (including phenoxy) is 2. The van der Waals surface area contributed by atoms with E-state index < -0.39 is 5.60 Å². The first kappa shape index (κ1) is 11.9. The van der Waals surface area contributed by atoms with Crippen molar-refractivity contribution in [3.8, 4) is 5.75 Å². The first-order valence-corrected chi connectivity index (χ1v) is 5.98. The Morgan fingerprint density at radius 1 is 1.38 bits per heavy atom. The predicted molar refractivity (Wildman–Crippen MR) is 64.5 cm³/mol. The molecule has 1 aromatic rings. The average Bonchev–Trinajstić information content (AvgIpc) is 3.00. The Kier molecular flexibility index (Phi) is 3.24. The standard InChI is InChI=1S/C12H15BrO3/c1-15-7-8-5-11(16-2)10(13)6-9(8)12(14)3-4-12/h5-6,14H,3-4,7H2,1-2H3. The summed E-state index contributed by atoms with van der Waals surface area (Å²) in [5, 5.41) is 10.2. The van der Waals surface area contributed by atoms with Crippen LogP contribution in [-0.4, -0.2) is 19.3 Å². The van der Waals surface area contributed by atoms with Gasteiger partial charge in [-0.05, 0) is 52.0 Å². The van der Waals surface area contributed by atoms with Gasteiger partial charge in [0.2, 0.25) is 0 Å². The van der Waals surface area contributed by atoms with Crippen LogP contribution < -0.4 is 4.74 Å². The van der Waals surface area contributed by atoms with Gasteiger partial charge in [0.1, 0.15) is 5.75 Å². The molecule has 0 radical (unpaired) electrons. The molecule has 0 unspecified atom stereocenters. The number of methoxy groups -OCH3 is 2. The minimum Gasteiger partial charge on any atom is -0.496 e. The highest BCUT2D eigenvalue weighted by Crippen LogP contribution is 2.48. The third kappa shape index (κ3) is 2.10. The topological polar surface area (TPSA) is 38.7 Å². The molecule has 0 aliphatic heterocycles. The maximum absolute atomic E-state index is 10.2. The molecule has 1 aliphatic rings. The lowest BCUT2D eigenvalue weighted by atomic mass is 10.0. The van der Waals surface area contributed by atoms with E-state index in [-0.39, 0.29) is 0 Å². The fraction of sp³-hybridized carbons (Fsp3) is 0.500. The van der Waals surface area contributed by atoms with Gasteiger partial charge in [-0.15, -0.1) is 0 Å². The second kappa shape index (κ2) is 4.35. The number of benzene rings is 1. The summed E-state index contributed by atoms with van der Waals surface area (Å²) in [6.07, 6.45) is 1.64. The third-order valence-electron chi connectivity index (χ3n) is 2.90. The molecule has 1 saturated carbocycles. The average molecular weight is 287 g/mol. The Labute approximate surface area is 104 Å².